The first kappa shape index (κ1) is 23.2. The maximum Gasteiger partial charge on any atom is 0.341 e. The number of hydrogen-bond donors (Lipinski definition) is 1. The summed E-state index contributed by atoms with van der Waals surface area (Å²) in [6.45, 7) is 4.24. The molecule has 0 saturated carbocycles. The fourth-order valence-corrected chi connectivity index (χ4v) is 6.16. The molecule has 0 saturated heterocycles. The van der Waals surface area contributed by atoms with Gasteiger partial charge in [0.1, 0.15) is 5.00 Å². The summed E-state index contributed by atoms with van der Waals surface area (Å²) in [6.07, 6.45) is 3.93. The number of nitrogens with one attached hydrogen (secondary N) is 1. The van der Waals surface area contributed by atoms with Gasteiger partial charge in [-0.2, -0.15) is 0 Å². The molecule has 35 heavy (non-hydrogen) atoms. The Morgan fingerprint density at radius 2 is 1.91 bits per heavy atom. The first-order chi connectivity index (χ1) is 17.0. The number of para-hydroxylation sites is 1. The standard InChI is InChI=1S/C29H28N2O3S/c1-4-18-11-14-21-25(15-18)35-28(26(21)29(33)34-3)31-27(32)22-16-24(19-12-9-17(2)10-13-19)30-23-8-6-5-7-20(22)23/h5-10,12-13,16,18H,4,11,14-15H2,1-3H3,(H,31,32). The number of aromatic nitrogens is 1. The van der Waals surface area contributed by atoms with Crippen molar-refractivity contribution < 1.29 is 14.3 Å². The molecule has 4 aromatic rings. The maximum absolute atomic E-state index is 13.7. The number of fused-ring (bicyclic) bond motifs is 2. The van der Waals surface area contributed by atoms with Crippen LogP contribution in [0.5, 0.6) is 0 Å². The third-order valence-corrected chi connectivity index (χ3v) is 8.04. The molecule has 0 aliphatic heterocycles. The van der Waals surface area contributed by atoms with Crippen molar-refractivity contribution in [1.82, 2.24) is 4.98 Å². The van der Waals surface area contributed by atoms with Crippen LogP contribution in [0.2, 0.25) is 0 Å². The molecule has 178 valence electrons. The number of esters is 1. The SMILES string of the molecule is CCC1CCc2c(sc(NC(=O)c3cc(-c4ccc(C)cc4)nc4ccccc34)c2C(=O)OC)C1. The lowest BCUT2D eigenvalue weighted by Gasteiger charge is -2.20. The number of thiophene rings is 1. The molecule has 1 unspecified atom stereocenters. The van der Waals surface area contributed by atoms with Gasteiger partial charge >= 0.3 is 5.97 Å². The van der Waals surface area contributed by atoms with E-state index in [0.717, 1.165) is 59.0 Å². The van der Waals surface area contributed by atoms with Crippen LogP contribution in [-0.2, 0) is 17.6 Å². The molecule has 6 heteroatoms. The topological polar surface area (TPSA) is 68.3 Å². The molecule has 1 atom stereocenters. The normalized spacial score (nSPS) is 15.0. The van der Waals surface area contributed by atoms with Crippen LogP contribution in [-0.4, -0.2) is 24.0 Å². The molecule has 2 aromatic heterocycles. The van der Waals surface area contributed by atoms with Gasteiger partial charge in [0.05, 0.1) is 29.4 Å². The zero-order chi connectivity index (χ0) is 24.5. The van der Waals surface area contributed by atoms with Gasteiger partial charge in [0.15, 0.2) is 0 Å². The average Bonchev–Trinajstić information content (AvgIpc) is 3.24. The number of benzene rings is 2. The van der Waals surface area contributed by atoms with E-state index in [1.54, 1.807) is 0 Å². The Labute approximate surface area is 209 Å². The summed E-state index contributed by atoms with van der Waals surface area (Å²) in [7, 11) is 1.39. The van der Waals surface area contributed by atoms with Gasteiger partial charge in [-0.25, -0.2) is 9.78 Å². The highest BCUT2D eigenvalue weighted by Gasteiger charge is 2.30. The minimum atomic E-state index is -0.396. The van der Waals surface area contributed by atoms with Crippen molar-refractivity contribution in [3.63, 3.8) is 0 Å². The first-order valence-electron chi connectivity index (χ1n) is 12.0. The second-order valence-electron chi connectivity index (χ2n) is 9.11. The van der Waals surface area contributed by atoms with Crippen LogP contribution in [0.4, 0.5) is 5.00 Å². The van der Waals surface area contributed by atoms with E-state index in [-0.39, 0.29) is 5.91 Å². The second-order valence-corrected chi connectivity index (χ2v) is 10.2. The number of carbonyl (C=O) groups excluding carboxylic acids is 2. The third kappa shape index (κ3) is 4.46. The largest absolute Gasteiger partial charge is 0.465 e. The maximum atomic E-state index is 13.7. The Morgan fingerprint density at radius 3 is 2.66 bits per heavy atom. The van der Waals surface area contributed by atoms with Crippen LogP contribution in [0.1, 0.15) is 56.5 Å². The minimum Gasteiger partial charge on any atom is -0.465 e. The van der Waals surface area contributed by atoms with Crippen LogP contribution in [0.25, 0.3) is 22.2 Å². The van der Waals surface area contributed by atoms with E-state index in [1.807, 2.05) is 61.5 Å². The fraction of sp³-hybridized carbons (Fsp3) is 0.276. The number of hydrogen-bond acceptors (Lipinski definition) is 5. The summed E-state index contributed by atoms with van der Waals surface area (Å²) in [5.74, 6) is -0.0446. The number of methoxy groups -OCH3 is 1. The number of anilines is 1. The van der Waals surface area contributed by atoms with Gasteiger partial charge in [-0.05, 0) is 49.8 Å². The molecule has 1 N–H and O–H groups in total. The Balaban J connectivity index is 1.57. The first-order valence-corrected chi connectivity index (χ1v) is 12.8. The highest BCUT2D eigenvalue weighted by Crippen LogP contribution is 2.41. The Hall–Kier alpha value is -3.51. The van der Waals surface area contributed by atoms with Crippen LogP contribution in [0.15, 0.2) is 54.6 Å². The molecule has 1 aliphatic carbocycles. The number of rotatable bonds is 5. The lowest BCUT2D eigenvalue weighted by atomic mass is 9.85. The zero-order valence-corrected chi connectivity index (χ0v) is 21.0. The third-order valence-electron chi connectivity index (χ3n) is 6.87. The molecule has 0 spiro atoms. The summed E-state index contributed by atoms with van der Waals surface area (Å²) < 4.78 is 5.11. The molecular formula is C29H28N2O3S. The van der Waals surface area contributed by atoms with Crippen molar-refractivity contribution in [2.75, 3.05) is 12.4 Å². The van der Waals surface area contributed by atoms with Gasteiger partial charge < -0.3 is 10.1 Å². The van der Waals surface area contributed by atoms with Crippen molar-refractivity contribution in [3.8, 4) is 11.3 Å². The second kappa shape index (κ2) is 9.62. The van der Waals surface area contributed by atoms with Crippen molar-refractivity contribution >= 4 is 39.1 Å². The van der Waals surface area contributed by atoms with Gasteiger partial charge in [0.2, 0.25) is 0 Å². The van der Waals surface area contributed by atoms with Crippen LogP contribution in [0.3, 0.4) is 0 Å². The number of ether oxygens (including phenoxy) is 1. The lowest BCUT2D eigenvalue weighted by Crippen LogP contribution is -2.17. The highest BCUT2D eigenvalue weighted by atomic mass is 32.1. The predicted octanol–water partition coefficient (Wildman–Crippen LogP) is 6.83. The van der Waals surface area contributed by atoms with E-state index in [0.29, 0.717) is 22.0 Å². The quantitative estimate of drug-likeness (QED) is 0.315. The number of nitrogens with zero attached hydrogens (tertiary/aromatic N) is 1. The average molecular weight is 485 g/mol. The summed E-state index contributed by atoms with van der Waals surface area (Å²) in [4.78, 5) is 32.4. The van der Waals surface area contributed by atoms with E-state index in [2.05, 4.69) is 12.2 Å². The summed E-state index contributed by atoms with van der Waals surface area (Å²) in [5.41, 5.74) is 5.66. The van der Waals surface area contributed by atoms with E-state index in [9.17, 15) is 9.59 Å². The van der Waals surface area contributed by atoms with Gasteiger partial charge in [-0.1, -0.05) is 61.4 Å². The molecule has 2 aromatic carbocycles. The van der Waals surface area contributed by atoms with E-state index >= 15 is 0 Å². The van der Waals surface area contributed by atoms with E-state index in [1.165, 1.54) is 23.3 Å². The van der Waals surface area contributed by atoms with Gasteiger partial charge in [0, 0.05) is 15.8 Å². The molecule has 1 aliphatic rings. The van der Waals surface area contributed by atoms with Gasteiger partial charge in [-0.3, -0.25) is 4.79 Å². The zero-order valence-electron chi connectivity index (χ0n) is 20.2. The molecule has 1 amide bonds. The molecule has 0 bridgehead atoms. The monoisotopic (exact) mass is 484 g/mol. The van der Waals surface area contributed by atoms with Crippen molar-refractivity contribution in [2.24, 2.45) is 5.92 Å². The Morgan fingerprint density at radius 1 is 1.14 bits per heavy atom. The number of amides is 1. The van der Waals surface area contributed by atoms with Crippen molar-refractivity contribution in [3.05, 3.63) is 81.7 Å². The fourth-order valence-electron chi connectivity index (χ4n) is 4.81. The number of pyridine rings is 1. The molecule has 5 nitrogen and oxygen atoms in total. The molecule has 0 fully saturated rings. The Bertz CT molecular complexity index is 1420. The van der Waals surface area contributed by atoms with Crippen LogP contribution >= 0.6 is 11.3 Å². The molecule has 5 rings (SSSR count). The van der Waals surface area contributed by atoms with E-state index < -0.39 is 5.97 Å². The predicted molar refractivity (Wildman–Crippen MR) is 141 cm³/mol. The molecule has 2 heterocycles. The van der Waals surface area contributed by atoms with Crippen LogP contribution < -0.4 is 5.32 Å². The van der Waals surface area contributed by atoms with E-state index in [4.69, 9.17) is 9.72 Å². The summed E-state index contributed by atoms with van der Waals surface area (Å²) in [5, 5.41) is 4.40. The lowest BCUT2D eigenvalue weighted by molar-refractivity contribution is 0.0601. The van der Waals surface area contributed by atoms with Gasteiger partial charge in [0.25, 0.3) is 5.91 Å². The van der Waals surface area contributed by atoms with Crippen LogP contribution in [0, 0.1) is 12.8 Å². The molecular weight excluding hydrogens is 456 g/mol. The van der Waals surface area contributed by atoms with Crippen molar-refractivity contribution in [2.45, 2.75) is 39.5 Å². The summed E-state index contributed by atoms with van der Waals surface area (Å²) >= 11 is 1.51. The number of aryl methyl sites for hydroxylation is 1. The minimum absolute atomic E-state index is 0.257. The van der Waals surface area contributed by atoms with Gasteiger partial charge in [-0.15, -0.1) is 11.3 Å². The Kier molecular flexibility index (Phi) is 6.39. The van der Waals surface area contributed by atoms with Crippen molar-refractivity contribution in [1.29, 1.82) is 0 Å². The number of carbonyl (C=O) groups is 2. The summed E-state index contributed by atoms with van der Waals surface area (Å²) in [6, 6.07) is 17.6. The molecule has 0 radical (unpaired) electrons. The highest BCUT2D eigenvalue weighted by molar-refractivity contribution is 7.17. The smallest absolute Gasteiger partial charge is 0.341 e.